The third kappa shape index (κ3) is 1.83. The predicted molar refractivity (Wildman–Crippen MR) is 143 cm³/mol. The number of nitrogens with zero attached hydrogens (tertiary/aromatic N) is 6. The van der Waals surface area contributed by atoms with Crippen molar-refractivity contribution in [1.82, 2.24) is 19.9 Å². The van der Waals surface area contributed by atoms with Gasteiger partial charge in [-0.1, -0.05) is 12.1 Å². The first-order valence-electron chi connectivity index (χ1n) is 12.6. The average Bonchev–Trinajstić information content (AvgIpc) is 2.85. The topological polar surface area (TPSA) is 76.3 Å². The van der Waals surface area contributed by atoms with Gasteiger partial charge in [-0.05, 0) is 85.3 Å². The Morgan fingerprint density at radius 2 is 0.889 bits per heavy atom. The molecule has 0 amide bonds. The van der Waals surface area contributed by atoms with E-state index in [0.29, 0.717) is 0 Å². The Bertz CT molecular complexity index is 2170. The van der Waals surface area contributed by atoms with Gasteiger partial charge in [-0.3, -0.25) is 9.98 Å². The smallest absolute Gasteiger partial charge is 0.163 e. The van der Waals surface area contributed by atoms with Gasteiger partial charge in [-0.15, -0.1) is 0 Å². The van der Waals surface area contributed by atoms with E-state index in [1.165, 1.54) is 54.6 Å². The predicted octanol–water partition coefficient (Wildman–Crippen LogP) is 5.68. The number of hydrogen-bond acceptors (Lipinski definition) is 6. The van der Waals surface area contributed by atoms with Gasteiger partial charge in [0, 0.05) is 43.7 Å². The standard InChI is InChI=1S/C30H22N6/c1-9-11(3)31-27-23-17(9)18-10(2)12(4)32-28-24(18)22-21(23)25-19-15(13(5)33-29(25)35-27)7-8-16-14(6)34-30(36-28)26(22)20(16)19/h7-8,13-14H,1-6H3. The highest BCUT2D eigenvalue weighted by Crippen LogP contribution is 2.50. The maximum atomic E-state index is 5.14. The molecule has 0 aliphatic carbocycles. The monoisotopic (exact) mass is 466 g/mol. The minimum Gasteiger partial charge on any atom is -0.258 e. The molecule has 0 spiro atoms. The number of rotatable bonds is 0. The molecule has 4 aromatic heterocycles. The summed E-state index contributed by atoms with van der Waals surface area (Å²) in [7, 11) is 0. The van der Waals surface area contributed by atoms with Crippen molar-refractivity contribution < 1.29 is 0 Å². The molecule has 0 saturated carbocycles. The van der Waals surface area contributed by atoms with Crippen LogP contribution in [0, 0.1) is 27.7 Å². The van der Waals surface area contributed by atoms with Gasteiger partial charge in [-0.2, -0.15) is 0 Å². The number of pyridine rings is 4. The molecule has 0 saturated heterocycles. The summed E-state index contributed by atoms with van der Waals surface area (Å²) < 4.78 is 0. The highest BCUT2D eigenvalue weighted by atomic mass is 15.0. The molecular weight excluding hydrogens is 444 g/mol. The first kappa shape index (κ1) is 19.2. The van der Waals surface area contributed by atoms with Crippen LogP contribution >= 0.6 is 0 Å². The van der Waals surface area contributed by atoms with Gasteiger partial charge < -0.3 is 0 Å². The van der Waals surface area contributed by atoms with Crippen LogP contribution in [0.1, 0.15) is 59.6 Å². The molecule has 9 rings (SSSR count). The van der Waals surface area contributed by atoms with E-state index in [1.807, 2.05) is 0 Å². The summed E-state index contributed by atoms with van der Waals surface area (Å²) >= 11 is 0. The lowest BCUT2D eigenvalue weighted by Gasteiger charge is -2.28. The zero-order chi connectivity index (χ0) is 24.4. The highest BCUT2D eigenvalue weighted by Gasteiger charge is 2.32. The third-order valence-electron chi connectivity index (χ3n) is 9.00. The second-order valence-corrected chi connectivity index (χ2v) is 10.8. The molecule has 0 radical (unpaired) electrons. The Hall–Kier alpha value is -4.06. The van der Waals surface area contributed by atoms with Crippen molar-refractivity contribution in [3.05, 3.63) is 56.7 Å². The van der Waals surface area contributed by atoms with E-state index < -0.39 is 0 Å². The maximum absolute atomic E-state index is 5.14. The molecule has 36 heavy (non-hydrogen) atoms. The quantitative estimate of drug-likeness (QED) is 0.213. The lowest BCUT2D eigenvalue weighted by molar-refractivity contribution is 0.768. The van der Waals surface area contributed by atoms with E-state index in [9.17, 15) is 0 Å². The van der Waals surface area contributed by atoms with E-state index >= 15 is 0 Å². The minimum absolute atomic E-state index is 0.0271. The second-order valence-electron chi connectivity index (χ2n) is 10.8. The fraction of sp³-hybridized carbons (Fsp3) is 0.267. The summed E-state index contributed by atoms with van der Waals surface area (Å²) in [5.74, 6) is 0. The van der Waals surface area contributed by atoms with Crippen molar-refractivity contribution in [2.75, 3.05) is 0 Å². The van der Waals surface area contributed by atoms with Crippen LogP contribution in [0.3, 0.4) is 0 Å². The summed E-state index contributed by atoms with van der Waals surface area (Å²) in [6, 6.07) is 4.56. The summed E-state index contributed by atoms with van der Waals surface area (Å²) in [5.41, 5.74) is 10.1. The average molecular weight is 467 g/mol. The molecule has 0 fully saturated rings. The minimum atomic E-state index is 0.0271. The lowest BCUT2D eigenvalue weighted by Crippen LogP contribution is -2.22. The second kappa shape index (κ2) is 5.67. The molecular formula is C30H22N6. The largest absolute Gasteiger partial charge is 0.258 e. The van der Waals surface area contributed by atoms with Gasteiger partial charge in [0.2, 0.25) is 0 Å². The molecule has 2 aliphatic heterocycles. The van der Waals surface area contributed by atoms with E-state index in [0.717, 1.165) is 55.2 Å². The number of aryl methyl sites for hydroxylation is 4. The molecule has 0 bridgehead atoms. The van der Waals surface area contributed by atoms with E-state index in [-0.39, 0.29) is 12.1 Å². The van der Waals surface area contributed by atoms with Gasteiger partial charge in [0.25, 0.3) is 0 Å². The molecule has 2 atom stereocenters. The molecule has 172 valence electrons. The molecule has 0 N–H and O–H groups in total. The van der Waals surface area contributed by atoms with Crippen molar-refractivity contribution in [3.63, 3.8) is 0 Å². The van der Waals surface area contributed by atoms with Crippen LogP contribution in [-0.2, 0) is 0 Å². The number of fused-ring (bicyclic) bond motifs is 1. The third-order valence-corrected chi connectivity index (χ3v) is 9.00. The lowest BCUT2D eigenvalue weighted by atomic mass is 9.80. The van der Waals surface area contributed by atoms with Crippen molar-refractivity contribution in [2.24, 2.45) is 9.98 Å². The van der Waals surface area contributed by atoms with Crippen LogP contribution in [0.25, 0.3) is 65.2 Å². The maximum Gasteiger partial charge on any atom is 0.163 e. The Morgan fingerprint density at radius 3 is 1.31 bits per heavy atom. The summed E-state index contributed by atoms with van der Waals surface area (Å²) in [6.07, 6.45) is 0. The fourth-order valence-electron chi connectivity index (χ4n) is 7.14. The first-order valence-corrected chi connectivity index (χ1v) is 12.6. The van der Waals surface area contributed by atoms with Crippen LogP contribution in [0.5, 0.6) is 0 Å². The van der Waals surface area contributed by atoms with Crippen molar-refractivity contribution in [2.45, 2.75) is 53.6 Å². The number of aromatic nitrogens is 4. The molecule has 6 heteroatoms. The molecule has 6 nitrogen and oxygen atoms in total. The Morgan fingerprint density at radius 1 is 0.472 bits per heavy atom. The molecule has 7 aromatic rings. The van der Waals surface area contributed by atoms with Crippen LogP contribution in [0.15, 0.2) is 22.1 Å². The van der Waals surface area contributed by atoms with E-state index in [4.69, 9.17) is 29.9 Å². The highest BCUT2D eigenvalue weighted by molar-refractivity contribution is 6.44. The van der Waals surface area contributed by atoms with Crippen molar-refractivity contribution in [1.29, 1.82) is 0 Å². The van der Waals surface area contributed by atoms with Crippen molar-refractivity contribution in [3.8, 4) is 0 Å². The van der Waals surface area contributed by atoms with Crippen LogP contribution in [0.2, 0.25) is 0 Å². The van der Waals surface area contributed by atoms with E-state index in [1.54, 1.807) is 0 Å². The molecule has 2 unspecified atom stereocenters. The molecule has 2 aliphatic rings. The van der Waals surface area contributed by atoms with Crippen LogP contribution in [0.4, 0.5) is 0 Å². The number of benzene rings is 3. The van der Waals surface area contributed by atoms with Crippen LogP contribution < -0.4 is 11.0 Å². The van der Waals surface area contributed by atoms with Gasteiger partial charge in [0.1, 0.15) is 0 Å². The zero-order valence-electron chi connectivity index (χ0n) is 21.0. The fourth-order valence-corrected chi connectivity index (χ4v) is 7.14. The Balaban J connectivity index is 1.84. The van der Waals surface area contributed by atoms with Gasteiger partial charge in [0.15, 0.2) is 22.3 Å². The number of hydrogen-bond donors (Lipinski definition) is 0. The van der Waals surface area contributed by atoms with Crippen LogP contribution in [-0.4, -0.2) is 19.9 Å². The summed E-state index contributed by atoms with van der Waals surface area (Å²) in [5, 5.41) is 12.0. The van der Waals surface area contributed by atoms with E-state index in [2.05, 4.69) is 53.7 Å². The summed E-state index contributed by atoms with van der Waals surface area (Å²) in [4.78, 5) is 30.5. The Kier molecular flexibility index (Phi) is 3.02. The van der Waals surface area contributed by atoms with Gasteiger partial charge in [0.05, 0.1) is 12.1 Å². The first-order chi connectivity index (χ1) is 17.3. The Labute approximate surface area is 205 Å². The SMILES string of the molecule is Cc1nc2nc3c4c5c(ccc6c5c5c(nc7nc(C)c(C)c8c(c1C)c2c4c5c78)=NC6C)C(C)N=3. The molecule has 6 heterocycles. The van der Waals surface area contributed by atoms with Crippen molar-refractivity contribution >= 4 is 65.2 Å². The summed E-state index contributed by atoms with van der Waals surface area (Å²) in [6.45, 7) is 12.9. The zero-order valence-corrected chi connectivity index (χ0v) is 21.0. The van der Waals surface area contributed by atoms with Gasteiger partial charge >= 0.3 is 0 Å². The normalized spacial score (nSPS) is 18.7. The van der Waals surface area contributed by atoms with Gasteiger partial charge in [-0.25, -0.2) is 19.9 Å². The molecule has 3 aromatic carbocycles.